The Morgan fingerprint density at radius 1 is 0.800 bits per heavy atom. The van der Waals surface area contributed by atoms with E-state index < -0.39 is 0 Å². The van der Waals surface area contributed by atoms with Crippen LogP contribution >= 0.6 is 0 Å². The van der Waals surface area contributed by atoms with Gasteiger partial charge in [-0.15, -0.1) is 0 Å². The highest BCUT2D eigenvalue weighted by molar-refractivity contribution is 5.30. The highest BCUT2D eigenvalue weighted by Gasteiger charge is 2.30. The maximum atomic E-state index is 5.98. The maximum Gasteiger partial charge on any atom is 0.196 e. The lowest BCUT2D eigenvalue weighted by Crippen LogP contribution is -2.23. The van der Waals surface area contributed by atoms with Crippen molar-refractivity contribution >= 4 is 0 Å². The normalized spacial score (nSPS) is 14.4. The number of aryl methyl sites for hydroxylation is 1. The van der Waals surface area contributed by atoms with E-state index in [0.29, 0.717) is 11.3 Å². The first-order chi connectivity index (χ1) is 14.0. The number of unbranched alkanes of at least 4 members (excludes halogenated alkanes) is 1. The highest BCUT2D eigenvalue weighted by Crippen LogP contribution is 2.43. The molecule has 0 saturated carbocycles. The van der Waals surface area contributed by atoms with E-state index in [9.17, 15) is 0 Å². The van der Waals surface area contributed by atoms with Gasteiger partial charge in [-0.05, 0) is 72.6 Å². The average Bonchev–Trinajstić information content (AvgIpc) is 2.66. The number of hydrogen-bond acceptors (Lipinski definition) is 2. The van der Waals surface area contributed by atoms with Gasteiger partial charge in [-0.3, -0.25) is 0 Å². The second kappa shape index (κ2) is 11.0. The molecule has 0 radical (unpaired) electrons. The summed E-state index contributed by atoms with van der Waals surface area (Å²) in [6.45, 7) is 16.7. The van der Waals surface area contributed by atoms with Gasteiger partial charge in [-0.25, -0.2) is 0 Å². The predicted octanol–water partition coefficient (Wildman–Crippen LogP) is 8.02. The number of hydrogen-bond donors (Lipinski definition) is 0. The lowest BCUT2D eigenvalue weighted by atomic mass is 9.69. The zero-order valence-electron chi connectivity index (χ0n) is 20.2. The number of rotatable bonds is 10. The third-order valence-corrected chi connectivity index (χ3v) is 5.50. The van der Waals surface area contributed by atoms with Crippen LogP contribution < -0.4 is 4.74 Å². The second-order valence-corrected chi connectivity index (χ2v) is 10.8. The van der Waals surface area contributed by atoms with E-state index in [2.05, 4.69) is 96.1 Å². The second-order valence-electron chi connectivity index (χ2n) is 10.8. The van der Waals surface area contributed by atoms with Crippen LogP contribution in [-0.4, -0.2) is 12.9 Å². The van der Waals surface area contributed by atoms with Crippen LogP contribution in [-0.2, 0) is 11.2 Å². The zero-order valence-corrected chi connectivity index (χ0v) is 20.2. The van der Waals surface area contributed by atoms with Crippen LogP contribution in [0.3, 0.4) is 0 Å². The molecule has 0 spiro atoms. The molecule has 0 fully saturated rings. The molecule has 0 amide bonds. The molecule has 0 saturated heterocycles. The Kier molecular flexibility index (Phi) is 8.97. The quantitative estimate of drug-likeness (QED) is 0.292. The summed E-state index contributed by atoms with van der Waals surface area (Å²) in [7, 11) is 0. The molecule has 0 aliphatic rings. The summed E-state index contributed by atoms with van der Waals surface area (Å²) in [5.41, 5.74) is 3.31. The Balaban J connectivity index is 1.79. The van der Waals surface area contributed by atoms with Crippen molar-refractivity contribution in [3.63, 3.8) is 0 Å². The lowest BCUT2D eigenvalue weighted by molar-refractivity contribution is -0.0676. The number of ether oxygens (including phenoxy) is 2. The SMILES string of the molecule is CC(OCCCCc1ccccc1)Oc1ccc([C@@H](CC(C)(C)C)C(C)(C)C)cc1. The van der Waals surface area contributed by atoms with E-state index in [1.807, 2.05) is 6.92 Å². The molecule has 2 atom stereocenters. The molecule has 2 rings (SSSR count). The van der Waals surface area contributed by atoms with E-state index in [4.69, 9.17) is 9.47 Å². The first-order valence-corrected chi connectivity index (χ1v) is 11.5. The molecule has 2 aromatic carbocycles. The molecule has 0 aliphatic heterocycles. The minimum absolute atomic E-state index is 0.228. The molecule has 0 aromatic heterocycles. The molecule has 0 heterocycles. The molecule has 1 unspecified atom stereocenters. The van der Waals surface area contributed by atoms with E-state index in [0.717, 1.165) is 31.6 Å². The molecular formula is C28H42O2. The standard InChI is InChI=1S/C28H42O2/c1-22(29-20-12-11-15-23-13-9-8-10-14-23)30-25-18-16-24(17-19-25)26(28(5,6)7)21-27(2,3)4/h8-10,13-14,16-19,22,26H,11-12,15,20-21H2,1-7H3/t22?,26-/m1/s1. The van der Waals surface area contributed by atoms with Gasteiger partial charge in [0.25, 0.3) is 0 Å². The Morgan fingerprint density at radius 2 is 1.43 bits per heavy atom. The van der Waals surface area contributed by atoms with E-state index in [-0.39, 0.29) is 11.7 Å². The van der Waals surface area contributed by atoms with Gasteiger partial charge < -0.3 is 9.47 Å². The first-order valence-electron chi connectivity index (χ1n) is 11.5. The summed E-state index contributed by atoms with van der Waals surface area (Å²) < 4.78 is 11.8. The predicted molar refractivity (Wildman–Crippen MR) is 128 cm³/mol. The Hall–Kier alpha value is -1.80. The van der Waals surface area contributed by atoms with Crippen LogP contribution in [0.15, 0.2) is 54.6 Å². The van der Waals surface area contributed by atoms with Crippen molar-refractivity contribution in [2.45, 2.75) is 86.4 Å². The van der Waals surface area contributed by atoms with Gasteiger partial charge in [0.15, 0.2) is 6.29 Å². The maximum absolute atomic E-state index is 5.98. The van der Waals surface area contributed by atoms with Crippen molar-refractivity contribution in [1.29, 1.82) is 0 Å². The van der Waals surface area contributed by atoms with Crippen molar-refractivity contribution in [1.82, 2.24) is 0 Å². The molecule has 30 heavy (non-hydrogen) atoms. The van der Waals surface area contributed by atoms with Crippen LogP contribution in [0.5, 0.6) is 5.75 Å². The van der Waals surface area contributed by atoms with Gasteiger partial charge in [0, 0.05) is 0 Å². The van der Waals surface area contributed by atoms with Crippen LogP contribution in [0, 0.1) is 10.8 Å². The van der Waals surface area contributed by atoms with Gasteiger partial charge in [0.05, 0.1) is 6.61 Å². The van der Waals surface area contributed by atoms with Gasteiger partial charge in [0.2, 0.25) is 0 Å². The van der Waals surface area contributed by atoms with Gasteiger partial charge in [-0.1, -0.05) is 84.0 Å². The summed E-state index contributed by atoms with van der Waals surface area (Å²) in [6.07, 6.45) is 4.21. The first kappa shape index (κ1) is 24.5. The Labute approximate surface area is 185 Å². The van der Waals surface area contributed by atoms with Crippen LogP contribution in [0.2, 0.25) is 0 Å². The van der Waals surface area contributed by atoms with Gasteiger partial charge in [0.1, 0.15) is 5.75 Å². The number of benzene rings is 2. The fourth-order valence-corrected chi connectivity index (χ4v) is 3.87. The summed E-state index contributed by atoms with van der Waals surface area (Å²) in [5.74, 6) is 1.39. The summed E-state index contributed by atoms with van der Waals surface area (Å²) in [4.78, 5) is 0. The monoisotopic (exact) mass is 410 g/mol. The smallest absolute Gasteiger partial charge is 0.196 e. The van der Waals surface area contributed by atoms with E-state index in [1.165, 1.54) is 17.5 Å². The van der Waals surface area contributed by atoms with Gasteiger partial charge in [-0.2, -0.15) is 0 Å². The molecule has 2 heteroatoms. The van der Waals surface area contributed by atoms with Crippen molar-refractivity contribution in [2.24, 2.45) is 10.8 Å². The van der Waals surface area contributed by atoms with Gasteiger partial charge >= 0.3 is 0 Å². The zero-order chi connectivity index (χ0) is 22.2. The third-order valence-electron chi connectivity index (χ3n) is 5.50. The fraction of sp³-hybridized carbons (Fsp3) is 0.571. The molecule has 2 aromatic rings. The Morgan fingerprint density at radius 3 is 2.00 bits per heavy atom. The highest BCUT2D eigenvalue weighted by atomic mass is 16.7. The molecule has 0 aliphatic carbocycles. The van der Waals surface area contributed by atoms with Crippen molar-refractivity contribution in [3.8, 4) is 5.75 Å². The van der Waals surface area contributed by atoms with Crippen LogP contribution in [0.25, 0.3) is 0 Å². The summed E-state index contributed by atoms with van der Waals surface area (Å²) >= 11 is 0. The molecule has 166 valence electrons. The van der Waals surface area contributed by atoms with Crippen molar-refractivity contribution in [2.75, 3.05) is 6.61 Å². The summed E-state index contributed by atoms with van der Waals surface area (Å²) in [5, 5.41) is 0. The minimum Gasteiger partial charge on any atom is -0.465 e. The van der Waals surface area contributed by atoms with Crippen LogP contribution in [0.4, 0.5) is 0 Å². The van der Waals surface area contributed by atoms with E-state index >= 15 is 0 Å². The Bertz CT molecular complexity index is 720. The lowest BCUT2D eigenvalue weighted by Gasteiger charge is -2.36. The molecule has 0 bridgehead atoms. The largest absolute Gasteiger partial charge is 0.465 e. The van der Waals surface area contributed by atoms with E-state index in [1.54, 1.807) is 0 Å². The fourth-order valence-electron chi connectivity index (χ4n) is 3.87. The van der Waals surface area contributed by atoms with Crippen molar-refractivity contribution < 1.29 is 9.47 Å². The molecule has 2 nitrogen and oxygen atoms in total. The molecular weight excluding hydrogens is 368 g/mol. The van der Waals surface area contributed by atoms with Crippen LogP contribution in [0.1, 0.15) is 84.8 Å². The molecule has 0 N–H and O–H groups in total. The average molecular weight is 411 g/mol. The minimum atomic E-state index is -0.236. The summed E-state index contributed by atoms with van der Waals surface area (Å²) in [6, 6.07) is 19.3. The van der Waals surface area contributed by atoms with Crippen molar-refractivity contribution in [3.05, 3.63) is 65.7 Å². The third kappa shape index (κ3) is 8.92. The topological polar surface area (TPSA) is 18.5 Å².